The number of ether oxygens (including phenoxy) is 1. The van der Waals surface area contributed by atoms with Crippen molar-refractivity contribution in [3.63, 3.8) is 0 Å². The van der Waals surface area contributed by atoms with Crippen LogP contribution in [0.1, 0.15) is 26.2 Å². The molecule has 1 N–H and O–H groups in total. The molecule has 2 heteroatoms. The van der Waals surface area contributed by atoms with E-state index < -0.39 is 0 Å². The van der Waals surface area contributed by atoms with Gasteiger partial charge in [-0.05, 0) is 32.1 Å². The summed E-state index contributed by atoms with van der Waals surface area (Å²) in [7, 11) is 0. The third-order valence-corrected chi connectivity index (χ3v) is 2.51. The Morgan fingerprint density at radius 2 is 2.33 bits per heavy atom. The molecule has 0 heterocycles. The molecule has 1 saturated carbocycles. The van der Waals surface area contributed by atoms with Crippen LogP contribution in [-0.4, -0.2) is 23.9 Å². The fourth-order valence-corrected chi connectivity index (χ4v) is 1.77. The first kappa shape index (κ1) is 9.75. The van der Waals surface area contributed by atoms with Crippen molar-refractivity contribution < 1.29 is 9.84 Å². The summed E-state index contributed by atoms with van der Waals surface area (Å²) < 4.78 is 5.40. The molecule has 12 heavy (non-hydrogen) atoms. The molecule has 0 spiro atoms. The molecular weight excluding hydrogens is 152 g/mol. The van der Waals surface area contributed by atoms with Crippen molar-refractivity contribution in [3.8, 4) is 0 Å². The maximum atomic E-state index is 9.63. The lowest BCUT2D eigenvalue weighted by molar-refractivity contribution is -0.0617. The quantitative estimate of drug-likeness (QED) is 0.654. The minimum atomic E-state index is -0.290. The Morgan fingerprint density at radius 3 is 2.83 bits per heavy atom. The second-order valence-corrected chi connectivity index (χ2v) is 3.37. The van der Waals surface area contributed by atoms with Crippen LogP contribution in [0.25, 0.3) is 0 Å². The molecule has 0 radical (unpaired) electrons. The summed E-state index contributed by atoms with van der Waals surface area (Å²) in [5.74, 6) is 0.483. The predicted molar refractivity (Wildman–Crippen MR) is 49.0 cm³/mol. The fourth-order valence-electron chi connectivity index (χ4n) is 1.77. The van der Waals surface area contributed by atoms with Crippen molar-refractivity contribution in [2.45, 2.75) is 38.4 Å². The Hall–Kier alpha value is -0.340. The minimum absolute atomic E-state index is 0.0613. The molecule has 70 valence electrons. The smallest absolute Gasteiger partial charge is 0.0834 e. The van der Waals surface area contributed by atoms with Crippen LogP contribution in [0.5, 0.6) is 0 Å². The normalized spacial score (nSPS) is 36.3. The Bertz CT molecular complexity index is 145. The van der Waals surface area contributed by atoms with E-state index in [2.05, 4.69) is 6.58 Å². The molecule has 1 rings (SSSR count). The van der Waals surface area contributed by atoms with Crippen molar-refractivity contribution in [3.05, 3.63) is 12.7 Å². The number of hydrogen-bond acceptors (Lipinski definition) is 2. The zero-order valence-corrected chi connectivity index (χ0v) is 7.70. The van der Waals surface area contributed by atoms with Gasteiger partial charge >= 0.3 is 0 Å². The van der Waals surface area contributed by atoms with E-state index in [9.17, 15) is 5.11 Å². The topological polar surface area (TPSA) is 29.5 Å². The van der Waals surface area contributed by atoms with Gasteiger partial charge in [-0.2, -0.15) is 0 Å². The van der Waals surface area contributed by atoms with Gasteiger partial charge in [-0.1, -0.05) is 6.08 Å². The molecule has 0 aromatic carbocycles. The molecule has 3 atom stereocenters. The summed E-state index contributed by atoms with van der Waals surface area (Å²) in [6.45, 7) is 6.40. The van der Waals surface area contributed by atoms with Crippen LogP contribution in [0.15, 0.2) is 12.7 Å². The predicted octanol–water partition coefficient (Wildman–Crippen LogP) is 1.74. The molecular formula is C10H18O2. The van der Waals surface area contributed by atoms with Crippen molar-refractivity contribution in [1.29, 1.82) is 0 Å². The Kier molecular flexibility index (Phi) is 3.76. The first-order chi connectivity index (χ1) is 5.77. The lowest BCUT2D eigenvalue weighted by Crippen LogP contribution is -2.35. The highest BCUT2D eigenvalue weighted by Gasteiger charge is 2.27. The van der Waals surface area contributed by atoms with Crippen molar-refractivity contribution in [1.82, 2.24) is 0 Å². The van der Waals surface area contributed by atoms with Crippen molar-refractivity contribution in [2.24, 2.45) is 5.92 Å². The molecule has 0 aliphatic heterocycles. The highest BCUT2D eigenvalue weighted by molar-refractivity contribution is 4.88. The minimum Gasteiger partial charge on any atom is -0.390 e. The SMILES string of the molecule is C=CC1CCC(OCC)C(O)C1. The van der Waals surface area contributed by atoms with Gasteiger partial charge in [0.05, 0.1) is 12.2 Å². The van der Waals surface area contributed by atoms with Gasteiger partial charge in [-0.3, -0.25) is 0 Å². The zero-order valence-electron chi connectivity index (χ0n) is 7.70. The molecule has 1 fully saturated rings. The van der Waals surface area contributed by atoms with Crippen LogP contribution in [0.3, 0.4) is 0 Å². The van der Waals surface area contributed by atoms with Crippen LogP contribution in [-0.2, 0) is 4.74 Å². The van der Waals surface area contributed by atoms with E-state index in [4.69, 9.17) is 4.74 Å². The number of aliphatic hydroxyl groups is 1. The van der Waals surface area contributed by atoms with Gasteiger partial charge in [0.2, 0.25) is 0 Å². The van der Waals surface area contributed by atoms with Crippen molar-refractivity contribution >= 4 is 0 Å². The van der Waals surface area contributed by atoms with Gasteiger partial charge in [-0.15, -0.1) is 6.58 Å². The summed E-state index contributed by atoms with van der Waals surface area (Å²) in [6, 6.07) is 0. The number of hydrogen-bond donors (Lipinski definition) is 1. The van der Waals surface area contributed by atoms with Gasteiger partial charge in [-0.25, -0.2) is 0 Å². The average Bonchev–Trinajstić information content (AvgIpc) is 2.09. The average molecular weight is 170 g/mol. The lowest BCUT2D eigenvalue weighted by atomic mass is 9.85. The molecule has 0 amide bonds. The molecule has 3 unspecified atom stereocenters. The van der Waals surface area contributed by atoms with Crippen LogP contribution >= 0.6 is 0 Å². The monoisotopic (exact) mass is 170 g/mol. The van der Waals surface area contributed by atoms with Crippen LogP contribution in [0.2, 0.25) is 0 Å². The Morgan fingerprint density at radius 1 is 1.58 bits per heavy atom. The van der Waals surface area contributed by atoms with Gasteiger partial charge in [0.1, 0.15) is 0 Å². The largest absolute Gasteiger partial charge is 0.390 e. The molecule has 0 bridgehead atoms. The van der Waals surface area contributed by atoms with Crippen LogP contribution in [0, 0.1) is 5.92 Å². The van der Waals surface area contributed by atoms with E-state index in [0.29, 0.717) is 12.5 Å². The first-order valence-electron chi connectivity index (χ1n) is 4.70. The Labute approximate surface area is 74.2 Å². The second-order valence-electron chi connectivity index (χ2n) is 3.37. The third kappa shape index (κ3) is 2.32. The molecule has 0 aromatic heterocycles. The van der Waals surface area contributed by atoms with Gasteiger partial charge < -0.3 is 9.84 Å². The van der Waals surface area contributed by atoms with E-state index in [0.717, 1.165) is 19.3 Å². The van der Waals surface area contributed by atoms with Gasteiger partial charge in [0.15, 0.2) is 0 Å². The summed E-state index contributed by atoms with van der Waals surface area (Å²) >= 11 is 0. The molecule has 0 aromatic rings. The highest BCUT2D eigenvalue weighted by atomic mass is 16.5. The summed E-state index contributed by atoms with van der Waals surface area (Å²) in [5, 5.41) is 9.63. The van der Waals surface area contributed by atoms with Crippen molar-refractivity contribution in [2.75, 3.05) is 6.61 Å². The first-order valence-corrected chi connectivity index (χ1v) is 4.70. The standard InChI is InChI=1S/C10H18O2/c1-3-8-5-6-10(12-4-2)9(11)7-8/h3,8-11H,1,4-7H2,2H3. The fraction of sp³-hybridized carbons (Fsp3) is 0.800. The van der Waals surface area contributed by atoms with Gasteiger partial charge in [0.25, 0.3) is 0 Å². The summed E-state index contributed by atoms with van der Waals surface area (Å²) in [4.78, 5) is 0. The van der Waals surface area contributed by atoms with E-state index >= 15 is 0 Å². The number of rotatable bonds is 3. The zero-order chi connectivity index (χ0) is 8.97. The molecule has 1 aliphatic carbocycles. The highest BCUT2D eigenvalue weighted by Crippen LogP contribution is 2.26. The maximum absolute atomic E-state index is 9.63. The molecule has 0 saturated heterocycles. The third-order valence-electron chi connectivity index (χ3n) is 2.51. The molecule has 2 nitrogen and oxygen atoms in total. The van der Waals surface area contributed by atoms with Gasteiger partial charge in [0, 0.05) is 6.61 Å². The van der Waals surface area contributed by atoms with E-state index in [1.807, 2.05) is 13.0 Å². The van der Waals surface area contributed by atoms with Crippen LogP contribution < -0.4 is 0 Å². The van der Waals surface area contributed by atoms with Crippen LogP contribution in [0.4, 0.5) is 0 Å². The summed E-state index contributed by atoms with van der Waals surface area (Å²) in [5.41, 5.74) is 0. The van der Waals surface area contributed by atoms with E-state index in [-0.39, 0.29) is 12.2 Å². The summed E-state index contributed by atoms with van der Waals surface area (Å²) in [6.07, 6.45) is 4.59. The Balaban J connectivity index is 2.36. The van der Waals surface area contributed by atoms with E-state index in [1.165, 1.54) is 0 Å². The second kappa shape index (κ2) is 4.63. The van der Waals surface area contributed by atoms with E-state index in [1.54, 1.807) is 0 Å². The number of allylic oxidation sites excluding steroid dienone is 1. The lowest BCUT2D eigenvalue weighted by Gasteiger charge is -2.31. The molecule has 1 aliphatic rings. The maximum Gasteiger partial charge on any atom is 0.0834 e. The number of aliphatic hydroxyl groups excluding tert-OH is 1.